The number of anilines is 1. The van der Waals surface area contributed by atoms with Crippen molar-refractivity contribution in [1.82, 2.24) is 9.88 Å². The molecule has 0 unspecified atom stereocenters. The molecule has 0 amide bonds. The predicted octanol–water partition coefficient (Wildman–Crippen LogP) is 3.05. The minimum Gasteiger partial charge on any atom is -0.478 e. The molecular formula is C20H21N3O2. The first-order valence-electron chi connectivity index (χ1n) is 8.57. The van der Waals surface area contributed by atoms with Crippen molar-refractivity contribution in [2.24, 2.45) is 0 Å². The molecule has 1 aliphatic rings. The van der Waals surface area contributed by atoms with E-state index in [4.69, 9.17) is 0 Å². The quantitative estimate of drug-likeness (QED) is 0.772. The first-order valence-corrected chi connectivity index (χ1v) is 8.57. The zero-order valence-corrected chi connectivity index (χ0v) is 14.2. The number of rotatable bonds is 3. The van der Waals surface area contributed by atoms with Crippen LogP contribution in [-0.4, -0.2) is 41.8 Å². The van der Waals surface area contributed by atoms with Gasteiger partial charge in [0.1, 0.15) is 11.4 Å². The maximum Gasteiger partial charge on any atom is 0.340 e. The van der Waals surface area contributed by atoms with Gasteiger partial charge >= 0.3 is 5.97 Å². The molecule has 1 aliphatic heterocycles. The maximum absolute atomic E-state index is 12.2. The van der Waals surface area contributed by atoms with Gasteiger partial charge in [0.2, 0.25) is 0 Å². The third-order valence-corrected chi connectivity index (χ3v) is 4.82. The van der Waals surface area contributed by atoms with Gasteiger partial charge in [-0.3, -0.25) is 4.57 Å². The number of carbonyl (C=O) groups is 1. The van der Waals surface area contributed by atoms with E-state index in [1.54, 1.807) is 0 Å². The van der Waals surface area contributed by atoms with E-state index in [1.807, 2.05) is 55.5 Å². The number of aryl methyl sites for hydroxylation is 1. The summed E-state index contributed by atoms with van der Waals surface area (Å²) in [5.74, 6) is -0.0907. The van der Waals surface area contributed by atoms with Crippen LogP contribution in [0.2, 0.25) is 0 Å². The number of benzene rings is 2. The number of nitrogens with one attached hydrogen (secondary N) is 1. The summed E-state index contributed by atoms with van der Waals surface area (Å²) in [6, 6.07) is 16.0. The van der Waals surface area contributed by atoms with Gasteiger partial charge in [0.25, 0.3) is 0 Å². The molecule has 0 radical (unpaired) electrons. The van der Waals surface area contributed by atoms with E-state index in [1.165, 1.54) is 0 Å². The number of nitrogens with zero attached hydrogens (tertiary/aromatic N) is 2. The van der Waals surface area contributed by atoms with Crippen LogP contribution < -0.4 is 10.2 Å². The molecule has 0 saturated carbocycles. The van der Waals surface area contributed by atoms with Crippen molar-refractivity contribution in [1.29, 1.82) is 0 Å². The molecule has 4 rings (SSSR count). The van der Waals surface area contributed by atoms with Gasteiger partial charge < -0.3 is 15.3 Å². The van der Waals surface area contributed by atoms with Crippen LogP contribution in [-0.2, 0) is 0 Å². The lowest BCUT2D eigenvalue weighted by atomic mass is 10.1. The van der Waals surface area contributed by atoms with Crippen LogP contribution in [0.4, 0.5) is 5.82 Å². The molecule has 5 heteroatoms. The molecule has 0 atom stereocenters. The Morgan fingerprint density at radius 2 is 1.76 bits per heavy atom. The highest BCUT2D eigenvalue weighted by molar-refractivity contribution is 6.11. The SMILES string of the molecule is Cc1cccc2c1c(C(=O)O)c(N1CCNCC1)n2-c1ccccc1. The van der Waals surface area contributed by atoms with Crippen LogP contribution in [0.3, 0.4) is 0 Å². The molecule has 1 aromatic heterocycles. The first-order chi connectivity index (χ1) is 12.2. The third-order valence-electron chi connectivity index (χ3n) is 4.82. The summed E-state index contributed by atoms with van der Waals surface area (Å²) in [5, 5.41) is 14.2. The summed E-state index contributed by atoms with van der Waals surface area (Å²) in [4.78, 5) is 14.4. The molecule has 1 fully saturated rings. The topological polar surface area (TPSA) is 57.5 Å². The summed E-state index contributed by atoms with van der Waals surface area (Å²) in [7, 11) is 0. The number of aromatic nitrogens is 1. The van der Waals surface area contributed by atoms with Crippen LogP contribution in [0.5, 0.6) is 0 Å². The summed E-state index contributed by atoms with van der Waals surface area (Å²) in [6.45, 7) is 5.28. The van der Waals surface area contributed by atoms with E-state index in [0.717, 1.165) is 54.2 Å². The van der Waals surface area contributed by atoms with Gasteiger partial charge in [-0.15, -0.1) is 0 Å². The Balaban J connectivity index is 2.10. The fourth-order valence-corrected chi connectivity index (χ4v) is 3.72. The van der Waals surface area contributed by atoms with E-state index >= 15 is 0 Å². The van der Waals surface area contributed by atoms with Gasteiger partial charge in [0, 0.05) is 37.3 Å². The van der Waals surface area contributed by atoms with Crippen molar-refractivity contribution in [3.63, 3.8) is 0 Å². The van der Waals surface area contributed by atoms with Gasteiger partial charge in [-0.2, -0.15) is 0 Å². The van der Waals surface area contributed by atoms with E-state index in [2.05, 4.69) is 14.8 Å². The zero-order valence-electron chi connectivity index (χ0n) is 14.2. The highest BCUT2D eigenvalue weighted by Gasteiger charge is 2.28. The van der Waals surface area contributed by atoms with Crippen molar-refractivity contribution in [3.8, 4) is 5.69 Å². The van der Waals surface area contributed by atoms with Crippen molar-refractivity contribution in [3.05, 3.63) is 59.7 Å². The lowest BCUT2D eigenvalue weighted by molar-refractivity contribution is 0.0699. The molecule has 2 aromatic carbocycles. The second-order valence-electron chi connectivity index (χ2n) is 6.38. The molecular weight excluding hydrogens is 314 g/mol. The van der Waals surface area contributed by atoms with Gasteiger partial charge in [-0.1, -0.05) is 30.3 Å². The molecule has 2 heterocycles. The van der Waals surface area contributed by atoms with Gasteiger partial charge in [-0.05, 0) is 30.7 Å². The predicted molar refractivity (Wildman–Crippen MR) is 100 cm³/mol. The summed E-state index contributed by atoms with van der Waals surface area (Å²) in [5.41, 5.74) is 3.32. The third kappa shape index (κ3) is 2.57. The standard InChI is InChI=1S/C20H21N3O2/c1-14-6-5-9-16-17(14)18(20(24)25)19(22-12-10-21-11-13-22)23(16)15-7-3-2-4-8-15/h2-9,21H,10-13H2,1H3,(H,24,25). The first kappa shape index (κ1) is 15.7. The molecule has 2 N–H and O–H groups in total. The molecule has 1 saturated heterocycles. The normalized spacial score (nSPS) is 14.8. The molecule has 5 nitrogen and oxygen atoms in total. The number of hydrogen-bond donors (Lipinski definition) is 2. The number of piperazine rings is 1. The van der Waals surface area contributed by atoms with Crippen LogP contribution in [0.25, 0.3) is 16.6 Å². The van der Waals surface area contributed by atoms with Crippen molar-refractivity contribution in [2.75, 3.05) is 31.1 Å². The Bertz CT molecular complexity index is 925. The molecule has 0 bridgehead atoms. The Morgan fingerprint density at radius 3 is 2.44 bits per heavy atom. The van der Waals surface area contributed by atoms with Gasteiger partial charge in [-0.25, -0.2) is 4.79 Å². The van der Waals surface area contributed by atoms with E-state index in [-0.39, 0.29) is 0 Å². The minimum atomic E-state index is -0.873. The second kappa shape index (κ2) is 6.26. The van der Waals surface area contributed by atoms with Gasteiger partial charge in [0.15, 0.2) is 0 Å². The zero-order chi connectivity index (χ0) is 17.4. The minimum absolute atomic E-state index is 0.402. The molecule has 0 aliphatic carbocycles. The van der Waals surface area contributed by atoms with Crippen LogP contribution in [0, 0.1) is 6.92 Å². The largest absolute Gasteiger partial charge is 0.478 e. The lowest BCUT2D eigenvalue weighted by Crippen LogP contribution is -2.44. The van der Waals surface area contributed by atoms with Crippen molar-refractivity contribution >= 4 is 22.7 Å². The van der Waals surface area contributed by atoms with E-state index in [9.17, 15) is 9.90 Å². The van der Waals surface area contributed by atoms with Gasteiger partial charge in [0.05, 0.1) is 5.52 Å². The lowest BCUT2D eigenvalue weighted by Gasteiger charge is -2.31. The van der Waals surface area contributed by atoms with E-state index < -0.39 is 5.97 Å². The number of aromatic carboxylic acids is 1. The highest BCUT2D eigenvalue weighted by Crippen LogP contribution is 2.37. The average molecular weight is 335 g/mol. The molecule has 3 aromatic rings. The Kier molecular flexibility index (Phi) is 3.93. The number of hydrogen-bond acceptors (Lipinski definition) is 3. The van der Waals surface area contributed by atoms with Crippen molar-refractivity contribution in [2.45, 2.75) is 6.92 Å². The van der Waals surface area contributed by atoms with Crippen LogP contribution >= 0.6 is 0 Å². The van der Waals surface area contributed by atoms with Crippen LogP contribution in [0.15, 0.2) is 48.5 Å². The van der Waals surface area contributed by atoms with E-state index in [0.29, 0.717) is 5.56 Å². The highest BCUT2D eigenvalue weighted by atomic mass is 16.4. The molecule has 128 valence electrons. The van der Waals surface area contributed by atoms with Crippen LogP contribution in [0.1, 0.15) is 15.9 Å². The number of para-hydroxylation sites is 1. The monoisotopic (exact) mass is 335 g/mol. The Hall–Kier alpha value is -2.79. The Labute approximate surface area is 146 Å². The fourth-order valence-electron chi connectivity index (χ4n) is 3.72. The fraction of sp³-hybridized carbons (Fsp3) is 0.250. The van der Waals surface area contributed by atoms with Crippen molar-refractivity contribution < 1.29 is 9.90 Å². The number of fused-ring (bicyclic) bond motifs is 1. The average Bonchev–Trinajstić information content (AvgIpc) is 3.00. The Morgan fingerprint density at radius 1 is 1.04 bits per heavy atom. The maximum atomic E-state index is 12.2. The number of carboxylic acid groups (broad SMARTS) is 1. The summed E-state index contributed by atoms with van der Waals surface area (Å²) < 4.78 is 2.09. The molecule has 25 heavy (non-hydrogen) atoms. The summed E-state index contributed by atoms with van der Waals surface area (Å²) >= 11 is 0. The summed E-state index contributed by atoms with van der Waals surface area (Å²) in [6.07, 6.45) is 0. The second-order valence-corrected chi connectivity index (χ2v) is 6.38. The molecule has 0 spiro atoms. The number of carboxylic acids is 1. The smallest absolute Gasteiger partial charge is 0.340 e.